The summed E-state index contributed by atoms with van der Waals surface area (Å²) < 4.78 is 42.3. The lowest BCUT2D eigenvalue weighted by Gasteiger charge is -2.26. The zero-order chi connectivity index (χ0) is 24.8. The van der Waals surface area contributed by atoms with Crippen molar-refractivity contribution in [1.29, 1.82) is 0 Å². The number of rotatable bonds is 6. The lowest BCUT2D eigenvalue weighted by atomic mass is 9.95. The van der Waals surface area contributed by atoms with Crippen LogP contribution in [0, 0.1) is 0 Å². The molecule has 0 fully saturated rings. The van der Waals surface area contributed by atoms with Crippen LogP contribution in [0.25, 0.3) is 10.8 Å². The number of hydrogen-bond donors (Lipinski definition) is 0. The van der Waals surface area contributed by atoms with E-state index in [9.17, 15) is 22.8 Å². The third-order valence-corrected chi connectivity index (χ3v) is 7.16. The van der Waals surface area contributed by atoms with Crippen LogP contribution in [0.3, 0.4) is 0 Å². The van der Waals surface area contributed by atoms with Crippen molar-refractivity contribution in [3.63, 3.8) is 0 Å². The summed E-state index contributed by atoms with van der Waals surface area (Å²) in [6.45, 7) is 8.55. The van der Waals surface area contributed by atoms with E-state index in [1.165, 1.54) is 23.3 Å². The molecule has 4 nitrogen and oxygen atoms in total. The first-order valence-corrected chi connectivity index (χ1v) is 12.2. The summed E-state index contributed by atoms with van der Waals surface area (Å²) in [6, 6.07) is 14.6. The maximum absolute atomic E-state index is 12.8. The van der Waals surface area contributed by atoms with Gasteiger partial charge in [-0.3, -0.25) is 9.59 Å². The van der Waals surface area contributed by atoms with Crippen LogP contribution in [-0.2, 0) is 4.28 Å². The van der Waals surface area contributed by atoms with Crippen molar-refractivity contribution in [3.05, 3.63) is 70.8 Å². The van der Waals surface area contributed by atoms with Crippen molar-refractivity contribution >= 4 is 46.4 Å². The molecular weight excluding hydrogens is 483 g/mol. The molecule has 0 spiro atoms. The minimum atomic E-state index is -4.76. The molecule has 0 atom stereocenters. The van der Waals surface area contributed by atoms with Gasteiger partial charge < -0.3 is 0 Å². The molecule has 0 unspecified atom stereocenters. The fourth-order valence-corrected chi connectivity index (χ4v) is 5.37. The molecule has 1 heterocycles. The molecule has 1 aliphatic rings. The second-order valence-corrected chi connectivity index (χ2v) is 10.4. The molecule has 2 amide bonds. The summed E-state index contributed by atoms with van der Waals surface area (Å²) in [5.41, 5.74) is -2.06. The minimum absolute atomic E-state index is 0.122. The summed E-state index contributed by atoms with van der Waals surface area (Å²) in [5.74, 6) is -1.16. The average molecular weight is 506 g/mol. The second-order valence-electron chi connectivity index (χ2n) is 8.56. The van der Waals surface area contributed by atoms with E-state index in [0.717, 1.165) is 9.79 Å². The molecule has 1 aliphatic heterocycles. The first kappa shape index (κ1) is 24.6. The normalized spacial score (nSPS) is 14.1. The van der Waals surface area contributed by atoms with Crippen LogP contribution >= 0.6 is 23.8 Å². The quantitative estimate of drug-likeness (QED) is 0.251. The summed E-state index contributed by atoms with van der Waals surface area (Å²) in [7, 11) is 0. The Morgan fingerprint density at radius 3 is 2.12 bits per heavy atom. The molecule has 0 aromatic heterocycles. The average Bonchev–Trinajstić information content (AvgIpc) is 2.77. The van der Waals surface area contributed by atoms with Crippen LogP contribution < -0.4 is 0 Å². The Hall–Kier alpha value is -2.49. The lowest BCUT2D eigenvalue weighted by molar-refractivity contribution is -0.0570. The van der Waals surface area contributed by atoms with Gasteiger partial charge in [0.05, 0.1) is 11.1 Å². The summed E-state index contributed by atoms with van der Waals surface area (Å²) >= 11 is 0.645. The number of hydrogen-bond acceptors (Lipinski definition) is 5. The van der Waals surface area contributed by atoms with Gasteiger partial charge in [0.25, 0.3) is 11.8 Å². The van der Waals surface area contributed by atoms with E-state index in [1.807, 2.05) is 6.07 Å². The number of nitrogens with zero attached hydrogens (tertiary/aromatic N) is 1. The van der Waals surface area contributed by atoms with Gasteiger partial charge in [0.2, 0.25) is 0 Å². The molecule has 0 N–H and O–H groups in total. The Morgan fingerprint density at radius 2 is 1.50 bits per heavy atom. The van der Waals surface area contributed by atoms with E-state index in [1.54, 1.807) is 23.9 Å². The van der Waals surface area contributed by atoms with E-state index in [4.69, 9.17) is 0 Å². The molecule has 4 rings (SSSR count). The maximum atomic E-state index is 12.8. The number of carbonyl (C=O) groups is 2. The first-order valence-electron chi connectivity index (χ1n) is 10.7. The Kier molecular flexibility index (Phi) is 6.72. The van der Waals surface area contributed by atoms with Crippen LogP contribution in [0.15, 0.2) is 58.3 Å². The van der Waals surface area contributed by atoms with Crippen molar-refractivity contribution in [3.8, 4) is 0 Å². The van der Waals surface area contributed by atoms with Gasteiger partial charge in [-0.1, -0.05) is 63.7 Å². The van der Waals surface area contributed by atoms with Crippen molar-refractivity contribution in [2.75, 3.05) is 0 Å². The highest BCUT2D eigenvalue weighted by atomic mass is 32.2. The molecule has 3 aromatic carbocycles. The Balaban J connectivity index is 1.76. The van der Waals surface area contributed by atoms with Gasteiger partial charge in [0.15, 0.2) is 0 Å². The summed E-state index contributed by atoms with van der Waals surface area (Å²) in [5, 5.41) is 1.28. The number of halogens is 3. The van der Waals surface area contributed by atoms with Crippen LogP contribution in [0.4, 0.5) is 13.2 Å². The second kappa shape index (κ2) is 9.28. The van der Waals surface area contributed by atoms with Gasteiger partial charge in [0.1, 0.15) is 12.0 Å². The molecule has 0 aliphatic carbocycles. The van der Waals surface area contributed by atoms with Crippen molar-refractivity contribution in [1.82, 2.24) is 5.06 Å². The number of carbonyl (C=O) groups excluding carboxylic acids is 2. The fraction of sp³-hybridized carbons (Fsp3) is 0.280. The van der Waals surface area contributed by atoms with Crippen LogP contribution in [0.5, 0.6) is 0 Å². The van der Waals surface area contributed by atoms with E-state index in [0.29, 0.717) is 22.6 Å². The van der Waals surface area contributed by atoms with Crippen LogP contribution in [0.2, 0.25) is 0 Å². The molecule has 0 saturated heterocycles. The standard InChI is InChI=1S/C25H22F3NO3S2/c1-13(2)15-8-10-21(19(12-15)14(3)4)33-20-11-9-18-22-16(20)6-5-7-17(22)23(30)29(24(18)31)32-34-25(26,27)28/h5-14H,1-4H3. The zero-order valence-corrected chi connectivity index (χ0v) is 20.5. The predicted molar refractivity (Wildman–Crippen MR) is 128 cm³/mol. The van der Waals surface area contributed by atoms with Crippen molar-refractivity contribution in [2.45, 2.75) is 54.8 Å². The number of hydroxylamine groups is 2. The van der Waals surface area contributed by atoms with Crippen molar-refractivity contribution in [2.24, 2.45) is 0 Å². The highest BCUT2D eigenvalue weighted by Gasteiger charge is 2.39. The lowest BCUT2D eigenvalue weighted by Crippen LogP contribution is -2.39. The van der Waals surface area contributed by atoms with E-state index < -0.39 is 29.4 Å². The fourth-order valence-electron chi connectivity index (χ4n) is 3.87. The van der Waals surface area contributed by atoms with E-state index in [2.05, 4.69) is 50.2 Å². The number of amides is 2. The van der Waals surface area contributed by atoms with Gasteiger partial charge >= 0.3 is 5.51 Å². The minimum Gasteiger partial charge on any atom is -0.266 e. The predicted octanol–water partition coefficient (Wildman–Crippen LogP) is 7.93. The molecular formula is C25H22F3NO3S2. The molecule has 9 heteroatoms. The molecule has 0 bridgehead atoms. The molecule has 0 radical (unpaired) electrons. The third kappa shape index (κ3) is 4.69. The zero-order valence-electron chi connectivity index (χ0n) is 18.9. The van der Waals surface area contributed by atoms with Gasteiger partial charge in [-0.15, -0.1) is 5.06 Å². The number of alkyl halides is 3. The van der Waals surface area contributed by atoms with Gasteiger partial charge in [-0.25, -0.2) is 0 Å². The Bertz CT molecular complexity index is 1270. The maximum Gasteiger partial charge on any atom is 0.470 e. The molecule has 3 aromatic rings. The number of benzene rings is 3. The molecule has 0 saturated carbocycles. The highest BCUT2D eigenvalue weighted by molar-refractivity contribution is 7.99. The smallest absolute Gasteiger partial charge is 0.266 e. The highest BCUT2D eigenvalue weighted by Crippen LogP contribution is 2.42. The summed E-state index contributed by atoms with van der Waals surface area (Å²) in [4.78, 5) is 27.6. The monoisotopic (exact) mass is 505 g/mol. The van der Waals surface area contributed by atoms with Gasteiger partial charge in [-0.2, -0.15) is 17.5 Å². The topological polar surface area (TPSA) is 46.6 Å². The SMILES string of the molecule is CC(C)c1ccc(Sc2ccc3c4c(cccc24)C(=O)N(OSC(F)(F)F)C3=O)c(C(C)C)c1. The summed E-state index contributed by atoms with van der Waals surface area (Å²) in [6.07, 6.45) is 0. The Morgan fingerprint density at radius 1 is 0.853 bits per heavy atom. The van der Waals surface area contributed by atoms with Gasteiger partial charge in [-0.05, 0) is 52.6 Å². The molecule has 178 valence electrons. The third-order valence-electron chi connectivity index (χ3n) is 5.58. The Labute approximate surface area is 204 Å². The number of imide groups is 1. The van der Waals surface area contributed by atoms with E-state index >= 15 is 0 Å². The first-order chi connectivity index (χ1) is 16.0. The van der Waals surface area contributed by atoms with Crippen LogP contribution in [-0.4, -0.2) is 22.4 Å². The van der Waals surface area contributed by atoms with Crippen molar-refractivity contribution < 1.29 is 27.0 Å². The van der Waals surface area contributed by atoms with E-state index in [-0.39, 0.29) is 16.2 Å². The largest absolute Gasteiger partial charge is 0.470 e. The van der Waals surface area contributed by atoms with Gasteiger partial charge in [0, 0.05) is 15.2 Å². The molecule has 34 heavy (non-hydrogen) atoms. The van der Waals surface area contributed by atoms with Crippen LogP contribution in [0.1, 0.15) is 71.4 Å².